The maximum absolute atomic E-state index is 12.4. The lowest BCUT2D eigenvalue weighted by atomic mass is 10.1. The van der Waals surface area contributed by atoms with E-state index in [9.17, 15) is 19.7 Å². The van der Waals surface area contributed by atoms with Crippen LogP contribution in [0, 0.1) is 23.0 Å². The molecule has 24 heavy (non-hydrogen) atoms. The molecule has 130 valence electrons. The number of carbonyl (C=O) groups is 2. The van der Waals surface area contributed by atoms with Crippen molar-refractivity contribution in [2.75, 3.05) is 25.6 Å². The smallest absolute Gasteiger partial charge is 0.274 e. The molecule has 1 fully saturated rings. The molecule has 1 saturated heterocycles. The number of nitrogens with one attached hydrogen (secondary N) is 1. The molecule has 1 aromatic carbocycles. The van der Waals surface area contributed by atoms with Crippen molar-refractivity contribution in [3.05, 3.63) is 33.9 Å². The molecule has 0 saturated carbocycles. The minimum Gasteiger partial charge on any atom is -0.383 e. The van der Waals surface area contributed by atoms with E-state index in [2.05, 4.69) is 5.32 Å². The van der Waals surface area contributed by atoms with Gasteiger partial charge in [0.15, 0.2) is 0 Å². The minimum absolute atomic E-state index is 0.0503. The van der Waals surface area contributed by atoms with Crippen molar-refractivity contribution in [2.24, 2.45) is 5.92 Å². The molecule has 1 aliphatic rings. The van der Waals surface area contributed by atoms with Crippen molar-refractivity contribution in [3.63, 3.8) is 0 Å². The summed E-state index contributed by atoms with van der Waals surface area (Å²) < 4.78 is 5.05. The molecule has 1 aliphatic heterocycles. The van der Waals surface area contributed by atoms with Gasteiger partial charge in [0, 0.05) is 26.1 Å². The van der Waals surface area contributed by atoms with Gasteiger partial charge in [-0.2, -0.15) is 0 Å². The van der Waals surface area contributed by atoms with Gasteiger partial charge < -0.3 is 15.0 Å². The average Bonchev–Trinajstić information content (AvgIpc) is 2.91. The highest BCUT2D eigenvalue weighted by molar-refractivity contribution is 5.98. The quantitative estimate of drug-likeness (QED) is 0.630. The van der Waals surface area contributed by atoms with Gasteiger partial charge >= 0.3 is 0 Å². The van der Waals surface area contributed by atoms with E-state index in [1.165, 1.54) is 12.1 Å². The number of carbonyl (C=O) groups excluding carboxylic acids is 2. The maximum Gasteiger partial charge on any atom is 0.274 e. The fourth-order valence-electron chi connectivity index (χ4n) is 2.86. The summed E-state index contributed by atoms with van der Waals surface area (Å²) in [4.78, 5) is 36.6. The minimum atomic E-state index is -0.488. The number of nitrogens with zero attached hydrogens (tertiary/aromatic N) is 2. The second-order valence-electron chi connectivity index (χ2n) is 5.95. The van der Waals surface area contributed by atoms with E-state index < -0.39 is 10.8 Å². The Bertz CT molecular complexity index is 661. The third-order valence-electron chi connectivity index (χ3n) is 4.23. The molecule has 0 aromatic heterocycles. The Morgan fingerprint density at radius 3 is 2.88 bits per heavy atom. The standard InChI is InChI=1S/C16H21N3O5/c1-10(9-24-3)18-8-12(7-15(18)20)16(21)17-13-5-4-6-14(11(13)2)19(22)23/h4-6,10,12H,7-9H2,1-3H3,(H,17,21)/t10-,12+/m1/s1. The SMILES string of the molecule is COC[C@@H](C)N1C[C@@H](C(=O)Nc2cccc([N+](=O)[O-])c2C)CC1=O. The fraction of sp³-hybridized carbons (Fsp3) is 0.500. The summed E-state index contributed by atoms with van der Waals surface area (Å²) in [6.45, 7) is 4.18. The van der Waals surface area contributed by atoms with Crippen LogP contribution in [-0.2, 0) is 14.3 Å². The van der Waals surface area contributed by atoms with E-state index in [0.29, 0.717) is 24.4 Å². The Hall–Kier alpha value is -2.48. The molecule has 1 heterocycles. The largest absolute Gasteiger partial charge is 0.383 e. The summed E-state index contributed by atoms with van der Waals surface area (Å²) >= 11 is 0. The number of benzene rings is 1. The third-order valence-corrected chi connectivity index (χ3v) is 4.23. The molecule has 1 aromatic rings. The number of hydrogen-bond donors (Lipinski definition) is 1. The first-order valence-electron chi connectivity index (χ1n) is 7.68. The van der Waals surface area contributed by atoms with Crippen molar-refractivity contribution < 1.29 is 19.2 Å². The van der Waals surface area contributed by atoms with Crippen LogP contribution in [0.15, 0.2) is 18.2 Å². The molecule has 8 heteroatoms. The van der Waals surface area contributed by atoms with Gasteiger partial charge in [0.25, 0.3) is 5.69 Å². The summed E-state index contributed by atoms with van der Waals surface area (Å²) in [6, 6.07) is 4.42. The second-order valence-corrected chi connectivity index (χ2v) is 5.95. The molecule has 2 rings (SSSR count). The molecular formula is C16H21N3O5. The van der Waals surface area contributed by atoms with Gasteiger partial charge in [-0.3, -0.25) is 19.7 Å². The van der Waals surface area contributed by atoms with Gasteiger partial charge in [0.05, 0.1) is 34.7 Å². The Morgan fingerprint density at radius 1 is 1.54 bits per heavy atom. The van der Waals surface area contributed by atoms with Crippen LogP contribution in [0.2, 0.25) is 0 Å². The summed E-state index contributed by atoms with van der Waals surface area (Å²) in [5.74, 6) is -0.870. The lowest BCUT2D eigenvalue weighted by Crippen LogP contribution is -2.38. The lowest BCUT2D eigenvalue weighted by Gasteiger charge is -2.24. The van der Waals surface area contributed by atoms with Gasteiger partial charge in [-0.1, -0.05) is 6.07 Å². The van der Waals surface area contributed by atoms with Crippen molar-refractivity contribution in [3.8, 4) is 0 Å². The summed E-state index contributed by atoms with van der Waals surface area (Å²) in [5, 5.41) is 13.7. The summed E-state index contributed by atoms with van der Waals surface area (Å²) in [5.41, 5.74) is 0.737. The Labute approximate surface area is 139 Å². The van der Waals surface area contributed by atoms with Crippen LogP contribution in [0.5, 0.6) is 0 Å². The monoisotopic (exact) mass is 335 g/mol. The van der Waals surface area contributed by atoms with Crippen molar-refractivity contribution in [1.29, 1.82) is 0 Å². The van der Waals surface area contributed by atoms with Crippen LogP contribution in [0.25, 0.3) is 0 Å². The molecule has 0 radical (unpaired) electrons. The number of rotatable bonds is 6. The zero-order valence-corrected chi connectivity index (χ0v) is 13.9. The highest BCUT2D eigenvalue weighted by Crippen LogP contribution is 2.27. The van der Waals surface area contributed by atoms with Gasteiger partial charge in [0.1, 0.15) is 0 Å². The Kier molecular flexibility index (Phi) is 5.50. The number of methoxy groups -OCH3 is 1. The van der Waals surface area contributed by atoms with Crippen molar-refractivity contribution in [2.45, 2.75) is 26.3 Å². The zero-order chi connectivity index (χ0) is 17.9. The number of nitro benzene ring substituents is 1. The Morgan fingerprint density at radius 2 is 2.25 bits per heavy atom. The molecule has 2 amide bonds. The number of nitro groups is 1. The first-order valence-corrected chi connectivity index (χ1v) is 7.68. The van der Waals surface area contributed by atoms with E-state index in [-0.39, 0.29) is 30.0 Å². The van der Waals surface area contributed by atoms with Gasteiger partial charge in [0.2, 0.25) is 11.8 Å². The molecule has 8 nitrogen and oxygen atoms in total. The van der Waals surface area contributed by atoms with E-state index >= 15 is 0 Å². The number of likely N-dealkylation sites (tertiary alicyclic amines) is 1. The van der Waals surface area contributed by atoms with Gasteiger partial charge in [-0.15, -0.1) is 0 Å². The predicted octanol–water partition coefficient (Wildman–Crippen LogP) is 1.73. The Balaban J connectivity index is 2.08. The third kappa shape index (κ3) is 3.70. The average molecular weight is 335 g/mol. The molecule has 0 unspecified atom stereocenters. The molecule has 1 N–H and O–H groups in total. The number of hydrogen-bond acceptors (Lipinski definition) is 5. The van der Waals surface area contributed by atoms with Crippen molar-refractivity contribution in [1.82, 2.24) is 4.90 Å². The molecule has 0 bridgehead atoms. The van der Waals surface area contributed by atoms with Crippen molar-refractivity contribution >= 4 is 23.2 Å². The highest BCUT2D eigenvalue weighted by atomic mass is 16.6. The van der Waals surface area contributed by atoms with Crippen LogP contribution >= 0.6 is 0 Å². The van der Waals surface area contributed by atoms with E-state index in [1.54, 1.807) is 25.0 Å². The summed E-state index contributed by atoms with van der Waals surface area (Å²) in [7, 11) is 1.56. The number of anilines is 1. The molecule has 0 spiro atoms. The zero-order valence-electron chi connectivity index (χ0n) is 13.9. The fourth-order valence-corrected chi connectivity index (χ4v) is 2.86. The van der Waals surface area contributed by atoms with Crippen LogP contribution in [0.4, 0.5) is 11.4 Å². The topological polar surface area (TPSA) is 102 Å². The predicted molar refractivity (Wildman–Crippen MR) is 87.6 cm³/mol. The number of amides is 2. The molecule has 2 atom stereocenters. The lowest BCUT2D eigenvalue weighted by molar-refractivity contribution is -0.385. The van der Waals surface area contributed by atoms with Gasteiger partial charge in [-0.25, -0.2) is 0 Å². The van der Waals surface area contributed by atoms with Crippen LogP contribution in [0.1, 0.15) is 18.9 Å². The second kappa shape index (κ2) is 7.39. The van der Waals surface area contributed by atoms with Crippen LogP contribution in [-0.4, -0.2) is 47.9 Å². The van der Waals surface area contributed by atoms with E-state index in [4.69, 9.17) is 4.74 Å². The first-order chi connectivity index (χ1) is 11.3. The summed E-state index contributed by atoms with van der Waals surface area (Å²) in [6.07, 6.45) is 0.133. The number of ether oxygens (including phenoxy) is 1. The van der Waals surface area contributed by atoms with E-state index in [0.717, 1.165) is 0 Å². The molecule has 0 aliphatic carbocycles. The van der Waals surface area contributed by atoms with Crippen LogP contribution in [0.3, 0.4) is 0 Å². The molecular weight excluding hydrogens is 314 g/mol. The van der Waals surface area contributed by atoms with E-state index in [1.807, 2.05) is 6.92 Å². The maximum atomic E-state index is 12.4. The first kappa shape index (κ1) is 17.9. The van der Waals surface area contributed by atoms with Crippen LogP contribution < -0.4 is 5.32 Å². The highest BCUT2D eigenvalue weighted by Gasteiger charge is 2.36. The normalized spacial score (nSPS) is 18.5. The van der Waals surface area contributed by atoms with Gasteiger partial charge in [-0.05, 0) is 19.9 Å².